The van der Waals surface area contributed by atoms with Crippen molar-refractivity contribution in [3.63, 3.8) is 0 Å². The molecule has 180 valence electrons. The van der Waals surface area contributed by atoms with E-state index in [0.717, 1.165) is 39.8 Å². The number of carboxylic acid groups (broad SMARTS) is 1. The number of anilines is 1. The fourth-order valence-electron chi connectivity index (χ4n) is 4.03. The number of hydrogen-bond acceptors (Lipinski definition) is 3. The minimum Gasteiger partial charge on any atom is -0.478 e. The van der Waals surface area contributed by atoms with Gasteiger partial charge in [-0.2, -0.15) is 18.3 Å². The van der Waals surface area contributed by atoms with Crippen LogP contribution < -0.4 is 5.32 Å². The number of alkyl halides is 3. The van der Waals surface area contributed by atoms with E-state index in [0.29, 0.717) is 17.8 Å². The van der Waals surface area contributed by atoms with E-state index < -0.39 is 17.7 Å². The number of nitrogens with one attached hydrogen (secondary N) is 1. The lowest BCUT2D eigenvalue weighted by atomic mass is 10.0. The fourth-order valence-corrected chi connectivity index (χ4v) is 4.03. The van der Waals surface area contributed by atoms with E-state index >= 15 is 0 Å². The second-order valence-electron chi connectivity index (χ2n) is 8.31. The molecule has 5 aromatic rings. The molecular weight excluding hydrogens is 467 g/mol. The molecule has 8 heteroatoms. The highest BCUT2D eigenvalue weighted by molar-refractivity contribution is 5.88. The molecule has 0 unspecified atom stereocenters. The minimum absolute atomic E-state index is 0.215. The van der Waals surface area contributed by atoms with E-state index in [1.807, 2.05) is 48.5 Å². The Morgan fingerprint density at radius 2 is 1.64 bits per heavy atom. The Labute approximate surface area is 204 Å². The van der Waals surface area contributed by atoms with Crippen LogP contribution >= 0.6 is 0 Å². The van der Waals surface area contributed by atoms with Gasteiger partial charge in [-0.3, -0.25) is 0 Å². The highest BCUT2D eigenvalue weighted by Crippen LogP contribution is 2.32. The third-order valence-electron chi connectivity index (χ3n) is 5.87. The van der Waals surface area contributed by atoms with Crippen molar-refractivity contribution in [3.05, 3.63) is 114 Å². The molecule has 1 aromatic heterocycles. The number of rotatable bonds is 6. The quantitative estimate of drug-likeness (QED) is 0.270. The fraction of sp³-hybridized carbons (Fsp3) is 0.0714. The van der Waals surface area contributed by atoms with E-state index in [4.69, 9.17) is 5.11 Å². The number of aromatic carboxylic acids is 1. The summed E-state index contributed by atoms with van der Waals surface area (Å²) in [7, 11) is 0. The summed E-state index contributed by atoms with van der Waals surface area (Å²) in [5, 5.41) is 17.8. The summed E-state index contributed by atoms with van der Waals surface area (Å²) in [5.74, 6) is -0.979. The summed E-state index contributed by atoms with van der Waals surface area (Å²) < 4.78 is 40.4. The van der Waals surface area contributed by atoms with Crippen LogP contribution in [0.15, 0.2) is 97.2 Å². The van der Waals surface area contributed by atoms with Crippen molar-refractivity contribution in [1.29, 1.82) is 0 Å². The molecule has 5 nitrogen and oxygen atoms in total. The first kappa shape index (κ1) is 23.2. The summed E-state index contributed by atoms with van der Waals surface area (Å²) in [4.78, 5) is 11.2. The summed E-state index contributed by atoms with van der Waals surface area (Å²) >= 11 is 0. The van der Waals surface area contributed by atoms with Crippen LogP contribution in [-0.4, -0.2) is 20.9 Å². The van der Waals surface area contributed by atoms with Crippen molar-refractivity contribution in [2.24, 2.45) is 0 Å². The van der Waals surface area contributed by atoms with Crippen molar-refractivity contribution < 1.29 is 23.1 Å². The van der Waals surface area contributed by atoms with Gasteiger partial charge in [0.2, 0.25) is 0 Å². The molecule has 0 amide bonds. The number of hydrogen-bond donors (Lipinski definition) is 2. The lowest BCUT2D eigenvalue weighted by Gasteiger charge is -2.10. The summed E-state index contributed by atoms with van der Waals surface area (Å²) in [5.41, 5.74) is 4.45. The third kappa shape index (κ3) is 4.79. The highest BCUT2D eigenvalue weighted by atomic mass is 19.4. The van der Waals surface area contributed by atoms with Crippen LogP contribution in [0.2, 0.25) is 0 Å². The molecule has 36 heavy (non-hydrogen) atoms. The van der Waals surface area contributed by atoms with Crippen molar-refractivity contribution >= 4 is 22.6 Å². The molecule has 0 saturated carbocycles. The molecule has 0 aliphatic heterocycles. The molecule has 5 rings (SSSR count). The van der Waals surface area contributed by atoms with Gasteiger partial charge in [0.1, 0.15) is 0 Å². The van der Waals surface area contributed by atoms with E-state index in [2.05, 4.69) is 10.4 Å². The standard InChI is InChI=1S/C28H20F3N3O2/c29-28(30,31)23-10-7-19(8-11-23)20-9-12-26-22(14-20)17-33-34(26)25-6-1-3-18(13-25)16-32-24-5-2-4-21(15-24)27(35)36/h1-15,17,32H,16H2,(H,35,36). The Balaban J connectivity index is 1.37. The smallest absolute Gasteiger partial charge is 0.416 e. The highest BCUT2D eigenvalue weighted by Gasteiger charge is 2.30. The van der Waals surface area contributed by atoms with E-state index in [1.54, 1.807) is 29.1 Å². The van der Waals surface area contributed by atoms with E-state index in [-0.39, 0.29) is 5.56 Å². The summed E-state index contributed by atoms with van der Waals surface area (Å²) in [6.07, 6.45) is -2.64. The minimum atomic E-state index is -4.36. The number of benzene rings is 4. The zero-order valence-electron chi connectivity index (χ0n) is 18.8. The number of carbonyl (C=O) groups is 1. The molecule has 0 fully saturated rings. The van der Waals surface area contributed by atoms with Gasteiger partial charge in [-0.25, -0.2) is 9.48 Å². The van der Waals surface area contributed by atoms with Crippen molar-refractivity contribution in [2.75, 3.05) is 5.32 Å². The van der Waals surface area contributed by atoms with Gasteiger partial charge in [0.25, 0.3) is 0 Å². The van der Waals surface area contributed by atoms with Crippen LogP contribution in [-0.2, 0) is 12.7 Å². The van der Waals surface area contributed by atoms with Gasteiger partial charge in [-0.1, -0.05) is 36.4 Å². The predicted molar refractivity (Wildman–Crippen MR) is 132 cm³/mol. The second kappa shape index (κ2) is 9.22. The van der Waals surface area contributed by atoms with Crippen LogP contribution in [0.25, 0.3) is 27.7 Å². The van der Waals surface area contributed by atoms with Crippen LogP contribution in [0.1, 0.15) is 21.5 Å². The number of carboxylic acids is 1. The van der Waals surface area contributed by atoms with Crippen LogP contribution in [0.5, 0.6) is 0 Å². The van der Waals surface area contributed by atoms with Crippen molar-refractivity contribution in [2.45, 2.75) is 12.7 Å². The van der Waals surface area contributed by atoms with E-state index in [1.165, 1.54) is 12.1 Å². The number of aromatic nitrogens is 2. The van der Waals surface area contributed by atoms with Gasteiger partial charge in [-0.05, 0) is 71.3 Å². The zero-order valence-corrected chi connectivity index (χ0v) is 18.8. The molecule has 0 atom stereocenters. The lowest BCUT2D eigenvalue weighted by Crippen LogP contribution is -2.04. The molecule has 0 aliphatic rings. The molecule has 0 aliphatic carbocycles. The first-order chi connectivity index (χ1) is 17.3. The van der Waals surface area contributed by atoms with Gasteiger partial charge in [0.15, 0.2) is 0 Å². The number of fused-ring (bicyclic) bond motifs is 1. The largest absolute Gasteiger partial charge is 0.478 e. The van der Waals surface area contributed by atoms with Gasteiger partial charge in [0.05, 0.1) is 28.5 Å². The Morgan fingerprint density at radius 3 is 2.39 bits per heavy atom. The molecule has 2 N–H and O–H groups in total. The topological polar surface area (TPSA) is 67.2 Å². The molecule has 4 aromatic carbocycles. The maximum absolute atomic E-state index is 12.9. The Bertz CT molecular complexity index is 1560. The first-order valence-electron chi connectivity index (χ1n) is 11.1. The lowest BCUT2D eigenvalue weighted by molar-refractivity contribution is -0.137. The maximum atomic E-state index is 12.9. The first-order valence-corrected chi connectivity index (χ1v) is 11.1. The van der Waals surface area contributed by atoms with Crippen LogP contribution in [0.4, 0.5) is 18.9 Å². The Kier molecular flexibility index (Phi) is 5.93. The molecular formula is C28H20F3N3O2. The SMILES string of the molecule is O=C(O)c1cccc(NCc2cccc(-n3ncc4cc(-c5ccc(C(F)(F)F)cc5)ccc43)c2)c1. The molecule has 0 radical (unpaired) electrons. The van der Waals surface area contributed by atoms with Gasteiger partial charge in [0, 0.05) is 17.6 Å². The average Bonchev–Trinajstić information content (AvgIpc) is 3.31. The maximum Gasteiger partial charge on any atom is 0.416 e. The zero-order chi connectivity index (χ0) is 25.3. The van der Waals surface area contributed by atoms with Crippen LogP contribution in [0, 0.1) is 0 Å². The molecule has 1 heterocycles. The predicted octanol–water partition coefficient (Wildman–Crippen LogP) is 7.02. The average molecular weight is 487 g/mol. The Morgan fingerprint density at radius 1 is 0.889 bits per heavy atom. The molecule has 0 bridgehead atoms. The summed E-state index contributed by atoms with van der Waals surface area (Å²) in [6, 6.07) is 25.2. The van der Waals surface area contributed by atoms with Gasteiger partial charge in [-0.15, -0.1) is 0 Å². The second-order valence-corrected chi connectivity index (χ2v) is 8.31. The van der Waals surface area contributed by atoms with E-state index in [9.17, 15) is 18.0 Å². The number of nitrogens with zero attached hydrogens (tertiary/aromatic N) is 2. The van der Waals surface area contributed by atoms with Crippen LogP contribution in [0.3, 0.4) is 0 Å². The van der Waals surface area contributed by atoms with Crippen molar-refractivity contribution in [3.8, 4) is 16.8 Å². The van der Waals surface area contributed by atoms with Gasteiger partial charge < -0.3 is 10.4 Å². The third-order valence-corrected chi connectivity index (χ3v) is 5.87. The molecule has 0 saturated heterocycles. The number of halogens is 3. The summed E-state index contributed by atoms with van der Waals surface area (Å²) in [6.45, 7) is 0.494. The van der Waals surface area contributed by atoms with Crippen molar-refractivity contribution in [1.82, 2.24) is 9.78 Å². The Hall–Kier alpha value is -4.59. The van der Waals surface area contributed by atoms with Gasteiger partial charge >= 0.3 is 12.1 Å². The monoisotopic (exact) mass is 487 g/mol. The normalized spacial score (nSPS) is 11.5. The molecule has 0 spiro atoms.